The number of anilines is 1. The largest absolute Gasteiger partial charge is 0.481 e. The molecular weight excluding hydrogens is 488 g/mol. The Morgan fingerprint density at radius 1 is 0.973 bits per heavy atom. The second-order valence-electron chi connectivity index (χ2n) is 8.22. The van der Waals surface area contributed by atoms with Gasteiger partial charge in [0.1, 0.15) is 11.9 Å². The van der Waals surface area contributed by atoms with Gasteiger partial charge in [0, 0.05) is 18.7 Å². The summed E-state index contributed by atoms with van der Waals surface area (Å²) in [5.41, 5.74) is 6.58. The lowest BCUT2D eigenvalue weighted by Crippen LogP contribution is -2.47. The van der Waals surface area contributed by atoms with E-state index in [9.17, 15) is 19.2 Å². The fraction of sp³-hybridized carbons (Fsp3) is 0.542. The number of amides is 3. The van der Waals surface area contributed by atoms with Crippen molar-refractivity contribution in [2.24, 2.45) is 10.7 Å². The van der Waals surface area contributed by atoms with E-state index in [0.29, 0.717) is 64.9 Å². The number of imide groups is 1. The Bertz CT molecular complexity index is 1010. The Kier molecular flexibility index (Phi) is 11.0. The van der Waals surface area contributed by atoms with Gasteiger partial charge in [-0.2, -0.15) is 4.99 Å². The van der Waals surface area contributed by atoms with Crippen LogP contribution in [0.4, 0.5) is 5.69 Å². The number of rotatable bonds is 17. The van der Waals surface area contributed by atoms with Gasteiger partial charge in [-0.3, -0.25) is 24.1 Å². The lowest BCUT2D eigenvalue weighted by Gasteiger charge is -2.25. The standard InChI is InChI=1S/C24H32N4O9/c25-19-5-4-18(22(31)27-19)28-23(32)16-2-1-3-17(21(16)24(28)33)26-7-9-35-11-13-37-15-14-36-12-10-34-8-6-20(29)30/h1-3,18,26H,4-15H2,(H,29,30)(H2,25,27,31). The highest BCUT2D eigenvalue weighted by Crippen LogP contribution is 2.32. The molecule has 0 aliphatic carbocycles. The average Bonchev–Trinajstić information content (AvgIpc) is 3.12. The van der Waals surface area contributed by atoms with Crippen LogP contribution in [0.25, 0.3) is 0 Å². The highest BCUT2D eigenvalue weighted by atomic mass is 16.6. The van der Waals surface area contributed by atoms with Crippen LogP contribution in [-0.4, -0.2) is 105 Å². The van der Waals surface area contributed by atoms with Crippen molar-refractivity contribution < 1.29 is 43.2 Å². The van der Waals surface area contributed by atoms with Crippen molar-refractivity contribution in [3.8, 4) is 0 Å². The summed E-state index contributed by atoms with van der Waals surface area (Å²) in [6.45, 7) is 3.11. The molecule has 202 valence electrons. The number of aliphatic imine (C=N–C) groups is 1. The van der Waals surface area contributed by atoms with Crippen LogP contribution in [0.2, 0.25) is 0 Å². The number of aliphatic carboxylic acids is 1. The van der Waals surface area contributed by atoms with E-state index in [2.05, 4.69) is 10.3 Å². The summed E-state index contributed by atoms with van der Waals surface area (Å²) in [5.74, 6) is -2.32. The van der Waals surface area contributed by atoms with Gasteiger partial charge in [-0.05, 0) is 18.6 Å². The second kappa shape index (κ2) is 14.4. The van der Waals surface area contributed by atoms with Crippen molar-refractivity contribution in [1.82, 2.24) is 4.90 Å². The number of hydrogen-bond acceptors (Lipinski definition) is 10. The Hall–Kier alpha value is -3.39. The number of ether oxygens (including phenoxy) is 4. The molecule has 4 N–H and O–H groups in total. The Morgan fingerprint density at radius 3 is 2.22 bits per heavy atom. The lowest BCUT2D eigenvalue weighted by molar-refractivity contribution is -0.138. The quantitative estimate of drug-likeness (QED) is 0.190. The molecule has 3 rings (SSSR count). The van der Waals surface area contributed by atoms with Gasteiger partial charge in [-0.1, -0.05) is 6.07 Å². The van der Waals surface area contributed by atoms with Crippen LogP contribution >= 0.6 is 0 Å². The van der Waals surface area contributed by atoms with Crippen LogP contribution in [0.3, 0.4) is 0 Å². The average molecular weight is 521 g/mol. The van der Waals surface area contributed by atoms with Gasteiger partial charge in [-0.25, -0.2) is 0 Å². The molecular formula is C24H32N4O9. The van der Waals surface area contributed by atoms with Gasteiger partial charge >= 0.3 is 5.97 Å². The first kappa shape index (κ1) is 28.2. The van der Waals surface area contributed by atoms with Crippen LogP contribution < -0.4 is 11.1 Å². The second-order valence-corrected chi connectivity index (χ2v) is 8.22. The van der Waals surface area contributed by atoms with Crippen molar-refractivity contribution >= 4 is 35.2 Å². The number of hydrogen-bond donors (Lipinski definition) is 3. The van der Waals surface area contributed by atoms with Crippen LogP contribution in [0.15, 0.2) is 23.2 Å². The van der Waals surface area contributed by atoms with E-state index in [0.717, 1.165) is 4.90 Å². The highest BCUT2D eigenvalue weighted by molar-refractivity contribution is 6.25. The molecule has 13 heteroatoms. The molecule has 0 aromatic heterocycles. The summed E-state index contributed by atoms with van der Waals surface area (Å²) in [7, 11) is 0. The number of nitrogens with zero attached hydrogens (tertiary/aromatic N) is 2. The van der Waals surface area contributed by atoms with Crippen LogP contribution in [0.1, 0.15) is 40.0 Å². The monoisotopic (exact) mass is 520 g/mol. The molecule has 0 bridgehead atoms. The van der Waals surface area contributed by atoms with Crippen molar-refractivity contribution in [2.75, 3.05) is 64.7 Å². The zero-order chi connectivity index (χ0) is 26.6. The summed E-state index contributed by atoms with van der Waals surface area (Å²) in [6.07, 6.45) is 0.568. The number of nitrogens with two attached hydrogens (primary N) is 1. The maximum Gasteiger partial charge on any atom is 0.305 e. The number of carbonyl (C=O) groups excluding carboxylic acids is 3. The van der Waals surface area contributed by atoms with Gasteiger partial charge < -0.3 is 35.1 Å². The van der Waals surface area contributed by atoms with E-state index in [-0.39, 0.29) is 36.4 Å². The topological polar surface area (TPSA) is 179 Å². The zero-order valence-electron chi connectivity index (χ0n) is 20.5. The molecule has 0 saturated heterocycles. The maximum absolute atomic E-state index is 13.1. The van der Waals surface area contributed by atoms with E-state index >= 15 is 0 Å². The molecule has 2 aliphatic heterocycles. The fourth-order valence-corrected chi connectivity index (χ4v) is 3.83. The van der Waals surface area contributed by atoms with Gasteiger partial charge in [0.25, 0.3) is 17.7 Å². The Balaban J connectivity index is 1.30. The lowest BCUT2D eigenvalue weighted by atomic mass is 10.1. The third-order valence-electron chi connectivity index (χ3n) is 5.61. The Morgan fingerprint density at radius 2 is 1.59 bits per heavy atom. The summed E-state index contributed by atoms with van der Waals surface area (Å²) in [4.78, 5) is 53.3. The minimum Gasteiger partial charge on any atom is -0.481 e. The normalized spacial score (nSPS) is 17.2. The predicted octanol–water partition coefficient (Wildman–Crippen LogP) is 0.282. The number of benzene rings is 1. The van der Waals surface area contributed by atoms with E-state index in [1.54, 1.807) is 18.2 Å². The number of fused-ring (bicyclic) bond motifs is 1. The molecule has 1 aromatic rings. The van der Waals surface area contributed by atoms with Crippen molar-refractivity contribution in [3.05, 3.63) is 29.3 Å². The molecule has 1 aromatic carbocycles. The summed E-state index contributed by atoms with van der Waals surface area (Å²) in [6, 6.07) is 3.99. The molecule has 0 spiro atoms. The summed E-state index contributed by atoms with van der Waals surface area (Å²) >= 11 is 0. The number of amidine groups is 1. The van der Waals surface area contributed by atoms with Crippen molar-refractivity contribution in [1.29, 1.82) is 0 Å². The molecule has 3 amide bonds. The number of carbonyl (C=O) groups is 4. The smallest absolute Gasteiger partial charge is 0.305 e. The molecule has 2 heterocycles. The molecule has 2 aliphatic rings. The van der Waals surface area contributed by atoms with Crippen molar-refractivity contribution in [2.45, 2.75) is 25.3 Å². The fourth-order valence-electron chi connectivity index (χ4n) is 3.83. The Labute approximate surface area is 213 Å². The zero-order valence-corrected chi connectivity index (χ0v) is 20.5. The van der Waals surface area contributed by atoms with E-state index in [1.807, 2.05) is 0 Å². The number of nitrogens with one attached hydrogen (secondary N) is 1. The number of carboxylic acid groups (broad SMARTS) is 1. The molecule has 0 fully saturated rings. The third-order valence-corrected chi connectivity index (χ3v) is 5.61. The van der Waals surface area contributed by atoms with Gasteiger partial charge in [0.2, 0.25) is 0 Å². The highest BCUT2D eigenvalue weighted by Gasteiger charge is 2.44. The van der Waals surface area contributed by atoms with Crippen molar-refractivity contribution in [3.63, 3.8) is 0 Å². The SMILES string of the molecule is NC1=NC(=O)C(N2C(=O)c3cccc(NCCOCCOCCOCCOCCC(=O)O)c3C2=O)CC1. The van der Waals surface area contributed by atoms with Gasteiger partial charge in [-0.15, -0.1) is 0 Å². The molecule has 1 unspecified atom stereocenters. The van der Waals surface area contributed by atoms with Crippen LogP contribution in [0.5, 0.6) is 0 Å². The maximum atomic E-state index is 13.1. The molecule has 1 atom stereocenters. The molecule has 0 radical (unpaired) electrons. The summed E-state index contributed by atoms with van der Waals surface area (Å²) < 4.78 is 21.3. The first-order valence-corrected chi connectivity index (χ1v) is 12.0. The molecule has 37 heavy (non-hydrogen) atoms. The van der Waals surface area contributed by atoms with E-state index in [1.165, 1.54) is 0 Å². The van der Waals surface area contributed by atoms with Gasteiger partial charge in [0.15, 0.2) is 0 Å². The summed E-state index contributed by atoms with van der Waals surface area (Å²) in [5, 5.41) is 11.6. The third kappa shape index (κ3) is 8.05. The van der Waals surface area contributed by atoms with Crippen LogP contribution in [-0.2, 0) is 28.5 Å². The van der Waals surface area contributed by atoms with E-state index in [4.69, 9.17) is 29.8 Å². The van der Waals surface area contributed by atoms with Crippen LogP contribution in [0, 0.1) is 0 Å². The first-order chi connectivity index (χ1) is 17.9. The minimum absolute atomic E-state index is 0.0304. The minimum atomic E-state index is -0.946. The number of carboxylic acids is 1. The molecule has 0 saturated carbocycles. The van der Waals surface area contributed by atoms with Gasteiger partial charge in [0.05, 0.1) is 70.4 Å². The molecule has 13 nitrogen and oxygen atoms in total. The van der Waals surface area contributed by atoms with E-state index < -0.39 is 29.7 Å². The first-order valence-electron chi connectivity index (χ1n) is 12.0. The predicted molar refractivity (Wildman–Crippen MR) is 131 cm³/mol.